The third kappa shape index (κ3) is 3.90. The molecule has 116 valence electrons. The first-order valence-electron chi connectivity index (χ1n) is 6.70. The Kier molecular flexibility index (Phi) is 4.60. The van der Waals surface area contributed by atoms with E-state index >= 15 is 0 Å². The van der Waals surface area contributed by atoms with E-state index in [2.05, 4.69) is 25.7 Å². The van der Waals surface area contributed by atoms with E-state index in [4.69, 9.17) is 5.14 Å². The number of carbonyl (C=O) groups is 1. The molecule has 0 aliphatic carbocycles. The normalized spacial score (nSPS) is 10.5. The first-order valence-corrected chi connectivity index (χ1v) is 7.58. The number of anilines is 1. The lowest BCUT2D eigenvalue weighted by Crippen LogP contribution is -2.20. The molecule has 0 aliphatic heterocycles. The summed E-state index contributed by atoms with van der Waals surface area (Å²) in [6, 6.07) is 12.7. The van der Waals surface area contributed by atoms with Gasteiger partial charge in [0.15, 0.2) is 0 Å². The summed E-state index contributed by atoms with van der Waals surface area (Å²) in [4.78, 5) is 18.3. The first kappa shape index (κ1) is 15.1. The van der Waals surface area contributed by atoms with Gasteiger partial charge in [-0.3, -0.25) is 14.9 Å². The molecule has 2 aromatic heterocycles. The molecule has 3 rings (SSSR count). The maximum absolute atomic E-state index is 12.0. The Morgan fingerprint density at radius 2 is 2.17 bits per heavy atom. The molecule has 0 spiro atoms. The zero-order valence-corrected chi connectivity index (χ0v) is 12.8. The highest BCUT2D eigenvalue weighted by Crippen LogP contribution is 2.17. The largest absolute Gasteiger partial charge is 0.324 e. The van der Waals surface area contributed by atoms with Gasteiger partial charge in [0.2, 0.25) is 11.7 Å². The van der Waals surface area contributed by atoms with Crippen molar-refractivity contribution in [1.29, 1.82) is 0 Å². The average molecular weight is 327 g/mol. The Labute approximate surface area is 136 Å². The van der Waals surface area contributed by atoms with Crippen molar-refractivity contribution in [2.24, 2.45) is 5.14 Å². The number of aromatic nitrogens is 5. The Hall–Kier alpha value is -2.78. The Bertz CT molecular complexity index is 806. The van der Waals surface area contributed by atoms with Crippen molar-refractivity contribution >= 4 is 23.5 Å². The van der Waals surface area contributed by atoms with Gasteiger partial charge in [0.05, 0.1) is 0 Å². The fraction of sp³-hybridized carbons (Fsp3) is 0.0714. The number of hydrogen-bond acceptors (Lipinski definition) is 7. The SMILES string of the molecule is NSc1cccc(NC(=O)Cn2nnc(-c3ccccn3)n2)c1. The molecule has 0 unspecified atom stereocenters. The average Bonchev–Trinajstić information content (AvgIpc) is 3.04. The molecule has 0 atom stereocenters. The molecule has 1 amide bonds. The van der Waals surface area contributed by atoms with Crippen molar-refractivity contribution in [3.63, 3.8) is 0 Å². The van der Waals surface area contributed by atoms with Crippen molar-refractivity contribution in [2.75, 3.05) is 5.32 Å². The standard InChI is InChI=1S/C14H13N7OS/c15-23-11-5-3-4-10(8-11)17-13(22)9-21-19-14(18-20-21)12-6-1-2-7-16-12/h1-8H,9,15H2,(H,17,22). The molecule has 0 aliphatic rings. The van der Waals surface area contributed by atoms with Crippen LogP contribution in [0.25, 0.3) is 11.5 Å². The first-order chi connectivity index (χ1) is 11.2. The topological polar surface area (TPSA) is 112 Å². The van der Waals surface area contributed by atoms with E-state index in [9.17, 15) is 4.79 Å². The third-order valence-corrected chi connectivity index (χ3v) is 3.41. The van der Waals surface area contributed by atoms with Crippen LogP contribution in [0.3, 0.4) is 0 Å². The molecule has 3 N–H and O–H groups in total. The zero-order chi connectivity index (χ0) is 16.1. The van der Waals surface area contributed by atoms with Gasteiger partial charge < -0.3 is 5.32 Å². The molecule has 0 radical (unpaired) electrons. The summed E-state index contributed by atoms with van der Waals surface area (Å²) in [5.74, 6) is 0.120. The number of amides is 1. The van der Waals surface area contributed by atoms with Crippen molar-refractivity contribution < 1.29 is 4.79 Å². The molecule has 1 aromatic carbocycles. The smallest absolute Gasteiger partial charge is 0.248 e. The van der Waals surface area contributed by atoms with Crippen LogP contribution in [0.2, 0.25) is 0 Å². The molecule has 23 heavy (non-hydrogen) atoms. The summed E-state index contributed by atoms with van der Waals surface area (Å²) >= 11 is 1.12. The predicted octanol–water partition coefficient (Wildman–Crippen LogP) is 1.34. The molecule has 0 bridgehead atoms. The second kappa shape index (κ2) is 6.99. The van der Waals surface area contributed by atoms with Crippen molar-refractivity contribution in [3.05, 3.63) is 48.7 Å². The van der Waals surface area contributed by atoms with Gasteiger partial charge in [-0.25, -0.2) is 0 Å². The van der Waals surface area contributed by atoms with Crippen LogP contribution in [-0.4, -0.2) is 31.1 Å². The highest BCUT2D eigenvalue weighted by atomic mass is 32.2. The van der Waals surface area contributed by atoms with E-state index in [0.29, 0.717) is 17.2 Å². The van der Waals surface area contributed by atoms with Gasteiger partial charge in [0.1, 0.15) is 12.2 Å². The zero-order valence-electron chi connectivity index (χ0n) is 12.0. The highest BCUT2D eigenvalue weighted by Gasteiger charge is 2.10. The third-order valence-electron chi connectivity index (χ3n) is 2.89. The van der Waals surface area contributed by atoms with Gasteiger partial charge in [-0.2, -0.15) is 4.80 Å². The fourth-order valence-corrected chi connectivity index (χ4v) is 2.24. The van der Waals surface area contributed by atoms with E-state index in [-0.39, 0.29) is 12.5 Å². The van der Waals surface area contributed by atoms with E-state index in [0.717, 1.165) is 16.8 Å². The van der Waals surface area contributed by atoms with Crippen LogP contribution >= 0.6 is 11.9 Å². The molecule has 8 nitrogen and oxygen atoms in total. The number of benzene rings is 1. The number of nitrogens with zero attached hydrogens (tertiary/aromatic N) is 5. The summed E-state index contributed by atoms with van der Waals surface area (Å²) < 4.78 is 0. The second-order valence-electron chi connectivity index (χ2n) is 4.55. The van der Waals surface area contributed by atoms with Crippen molar-refractivity contribution in [3.8, 4) is 11.5 Å². The monoisotopic (exact) mass is 327 g/mol. The Morgan fingerprint density at radius 1 is 1.26 bits per heavy atom. The molecule has 3 aromatic rings. The van der Waals surface area contributed by atoms with Gasteiger partial charge in [-0.05, 0) is 47.5 Å². The lowest BCUT2D eigenvalue weighted by Gasteiger charge is -2.05. The van der Waals surface area contributed by atoms with Crippen LogP contribution in [0.15, 0.2) is 53.6 Å². The number of hydrogen-bond donors (Lipinski definition) is 2. The van der Waals surface area contributed by atoms with Crippen LogP contribution in [0.1, 0.15) is 0 Å². The quantitative estimate of drug-likeness (QED) is 0.680. The predicted molar refractivity (Wildman–Crippen MR) is 86.2 cm³/mol. The van der Waals surface area contributed by atoms with Gasteiger partial charge in [-0.15, -0.1) is 10.2 Å². The summed E-state index contributed by atoms with van der Waals surface area (Å²) in [6.45, 7) is -0.0418. The molecule has 0 saturated heterocycles. The molecule has 2 heterocycles. The number of pyridine rings is 1. The minimum absolute atomic E-state index is 0.0418. The minimum atomic E-state index is -0.255. The lowest BCUT2D eigenvalue weighted by atomic mass is 10.3. The number of rotatable bonds is 5. The maximum atomic E-state index is 12.0. The van der Waals surface area contributed by atoms with Gasteiger partial charge in [0.25, 0.3) is 0 Å². The lowest BCUT2D eigenvalue weighted by molar-refractivity contribution is -0.117. The van der Waals surface area contributed by atoms with Crippen LogP contribution in [-0.2, 0) is 11.3 Å². The van der Waals surface area contributed by atoms with Gasteiger partial charge in [-0.1, -0.05) is 12.1 Å². The van der Waals surface area contributed by atoms with E-state index < -0.39 is 0 Å². The summed E-state index contributed by atoms with van der Waals surface area (Å²) in [7, 11) is 0. The Balaban J connectivity index is 1.65. The van der Waals surface area contributed by atoms with Crippen molar-refractivity contribution in [2.45, 2.75) is 11.4 Å². The van der Waals surface area contributed by atoms with E-state index in [1.807, 2.05) is 18.2 Å². The van der Waals surface area contributed by atoms with Crippen LogP contribution in [0.5, 0.6) is 0 Å². The summed E-state index contributed by atoms with van der Waals surface area (Å²) in [5, 5.41) is 20.2. The molecule has 0 fully saturated rings. The van der Waals surface area contributed by atoms with E-state index in [1.165, 1.54) is 4.80 Å². The van der Waals surface area contributed by atoms with Crippen molar-refractivity contribution in [1.82, 2.24) is 25.2 Å². The molecule has 0 saturated carbocycles. The number of nitrogens with two attached hydrogens (primary N) is 1. The number of nitrogens with one attached hydrogen (secondary N) is 1. The summed E-state index contributed by atoms with van der Waals surface area (Å²) in [6.07, 6.45) is 1.64. The Morgan fingerprint density at radius 3 is 2.96 bits per heavy atom. The number of tetrazole rings is 1. The number of carbonyl (C=O) groups excluding carboxylic acids is 1. The maximum Gasteiger partial charge on any atom is 0.248 e. The van der Waals surface area contributed by atoms with Gasteiger partial charge in [0, 0.05) is 16.8 Å². The van der Waals surface area contributed by atoms with Crippen LogP contribution < -0.4 is 10.5 Å². The molecular weight excluding hydrogens is 314 g/mol. The van der Waals surface area contributed by atoms with Gasteiger partial charge >= 0.3 is 0 Å². The molecule has 9 heteroatoms. The van der Waals surface area contributed by atoms with Crippen LogP contribution in [0.4, 0.5) is 5.69 Å². The fourth-order valence-electron chi connectivity index (χ4n) is 1.88. The highest BCUT2D eigenvalue weighted by molar-refractivity contribution is 7.97. The van der Waals surface area contributed by atoms with Crippen LogP contribution in [0, 0.1) is 0 Å². The minimum Gasteiger partial charge on any atom is -0.324 e. The molecular formula is C14H13N7OS. The summed E-state index contributed by atoms with van der Waals surface area (Å²) in [5.41, 5.74) is 1.27. The second-order valence-corrected chi connectivity index (χ2v) is 5.26. The van der Waals surface area contributed by atoms with E-state index in [1.54, 1.807) is 30.5 Å².